The number of hydrogen-bond donors (Lipinski definition) is 4. The minimum atomic E-state index is -5.21. The summed E-state index contributed by atoms with van der Waals surface area (Å²) >= 11 is 0. The van der Waals surface area contributed by atoms with Gasteiger partial charge in [0.1, 0.15) is 23.3 Å². The molecule has 294 valence electrons. The fourth-order valence-electron chi connectivity index (χ4n) is 6.42. The van der Waals surface area contributed by atoms with E-state index in [9.17, 15) is 37.6 Å². The molecule has 1 aromatic carbocycles. The van der Waals surface area contributed by atoms with E-state index in [-0.39, 0.29) is 45.6 Å². The molecule has 54 heavy (non-hydrogen) atoms. The second kappa shape index (κ2) is 17.0. The number of ether oxygens (including phenoxy) is 2. The summed E-state index contributed by atoms with van der Waals surface area (Å²) in [7, 11) is -3.91. The molecule has 17 heteroatoms. The van der Waals surface area contributed by atoms with Crippen LogP contribution in [-0.4, -0.2) is 81.7 Å². The van der Waals surface area contributed by atoms with Gasteiger partial charge >= 0.3 is 22.4 Å². The van der Waals surface area contributed by atoms with Crippen LogP contribution in [0.3, 0.4) is 0 Å². The number of carbonyl (C=O) groups is 3. The van der Waals surface area contributed by atoms with Crippen LogP contribution in [0.2, 0.25) is 0 Å². The minimum Gasteiger partial charge on any atom is -0.507 e. The Kier molecular flexibility index (Phi) is 13.1. The standard InChI is InChI=1S/C37H49N5O11S/c1-8-9-10-11-22-17-27(43)31(24-16-21(4)12-13-23(24)20(2)3)29(18-22)51-36(39-7)52-34-25(33(45)42(34)54(48,49)50)19-28(44)32(26-14-15-30(38)40-26)41-53-37(5,6)35(46)47/h14,16-18,23-25,34,43H,2,8-13,15,19H2,1,3-7H3,(H2,38,40)(H,46,47)(H,48,49,50)/b39-36?,41-32-/t23-,24+,25+,34?/m0/s1. The van der Waals surface area contributed by atoms with Crippen LogP contribution in [0.1, 0.15) is 96.6 Å². The summed E-state index contributed by atoms with van der Waals surface area (Å²) in [6, 6.07) is 3.45. The number of aryl methyl sites for hydroxylation is 1. The van der Waals surface area contributed by atoms with E-state index >= 15 is 0 Å². The Bertz CT molecular complexity index is 1950. The predicted molar refractivity (Wildman–Crippen MR) is 200 cm³/mol. The zero-order valence-corrected chi connectivity index (χ0v) is 32.2. The number of phenolic OH excluding ortho intramolecular Hbond substituents is 1. The summed E-state index contributed by atoms with van der Waals surface area (Å²) in [4.78, 5) is 51.8. The number of carbonyl (C=O) groups excluding carboxylic acids is 2. The second-order valence-corrected chi connectivity index (χ2v) is 15.5. The Balaban J connectivity index is 1.70. The topological polar surface area (TPSA) is 240 Å². The number of allylic oxidation sites excluding steroid dienone is 4. The third kappa shape index (κ3) is 9.55. The highest BCUT2D eigenvalue weighted by Crippen LogP contribution is 2.47. The van der Waals surface area contributed by atoms with Gasteiger partial charge in [-0.3, -0.25) is 14.1 Å². The lowest BCUT2D eigenvalue weighted by atomic mass is 9.73. The van der Waals surface area contributed by atoms with E-state index in [4.69, 9.17) is 20.0 Å². The predicted octanol–water partition coefficient (Wildman–Crippen LogP) is 4.95. The fraction of sp³-hybridized carbons (Fsp3) is 0.514. The molecule has 0 saturated carbocycles. The third-order valence-corrected chi connectivity index (χ3v) is 10.4. The minimum absolute atomic E-state index is 0.0249. The van der Waals surface area contributed by atoms with E-state index in [2.05, 4.69) is 34.7 Å². The van der Waals surface area contributed by atoms with Gasteiger partial charge in [0, 0.05) is 31.4 Å². The summed E-state index contributed by atoms with van der Waals surface area (Å²) in [6.45, 7) is 12.6. The number of benzene rings is 1. The fourth-order valence-corrected chi connectivity index (χ4v) is 7.24. The number of carboxylic acid groups (broad SMARTS) is 1. The quantitative estimate of drug-likeness (QED) is 0.0332. The number of β-lactam (4-membered cyclic amide) rings is 1. The van der Waals surface area contributed by atoms with Crippen LogP contribution in [0.4, 0.5) is 0 Å². The van der Waals surface area contributed by atoms with Crippen LogP contribution in [0, 0.1) is 11.8 Å². The van der Waals surface area contributed by atoms with E-state index in [1.807, 2.05) is 13.8 Å². The van der Waals surface area contributed by atoms with Gasteiger partial charge in [-0.25, -0.2) is 14.8 Å². The number of unbranched alkanes of at least 4 members (excludes halogenated alkanes) is 2. The average molecular weight is 772 g/mol. The highest BCUT2D eigenvalue weighted by Gasteiger charge is 2.57. The molecule has 1 unspecified atom stereocenters. The van der Waals surface area contributed by atoms with Gasteiger partial charge in [0.2, 0.25) is 17.7 Å². The summed E-state index contributed by atoms with van der Waals surface area (Å²) in [5.74, 6) is -5.07. The number of rotatable bonds is 16. The third-order valence-electron chi connectivity index (χ3n) is 9.48. The first-order valence-corrected chi connectivity index (χ1v) is 19.0. The average Bonchev–Trinajstić information content (AvgIpc) is 3.51. The van der Waals surface area contributed by atoms with Crippen molar-refractivity contribution >= 4 is 45.6 Å². The van der Waals surface area contributed by atoms with Crippen molar-refractivity contribution in [3.63, 3.8) is 0 Å². The van der Waals surface area contributed by atoms with Gasteiger partial charge in [0.25, 0.3) is 0 Å². The van der Waals surface area contributed by atoms with E-state index in [0.717, 1.165) is 48.8 Å². The van der Waals surface area contributed by atoms with Gasteiger partial charge in [-0.2, -0.15) is 12.7 Å². The van der Waals surface area contributed by atoms with Crippen molar-refractivity contribution in [3.05, 3.63) is 58.8 Å². The van der Waals surface area contributed by atoms with E-state index in [1.54, 1.807) is 12.1 Å². The number of amidine groups is 1. The van der Waals surface area contributed by atoms with E-state index in [0.29, 0.717) is 12.0 Å². The van der Waals surface area contributed by atoms with Crippen LogP contribution >= 0.6 is 0 Å². The molecule has 0 aromatic heterocycles. The smallest absolute Gasteiger partial charge is 0.390 e. The molecule has 1 fully saturated rings. The Morgan fingerprint density at radius 1 is 1.22 bits per heavy atom. The van der Waals surface area contributed by atoms with Crippen LogP contribution in [-0.2, 0) is 40.7 Å². The lowest BCUT2D eigenvalue weighted by molar-refractivity contribution is -0.167. The molecule has 1 aliphatic carbocycles. The monoisotopic (exact) mass is 771 g/mol. The number of carboxylic acids is 1. The van der Waals surface area contributed by atoms with Gasteiger partial charge in [-0.15, -0.1) is 0 Å². The summed E-state index contributed by atoms with van der Waals surface area (Å²) in [6.07, 6.45) is 5.62. The molecule has 2 heterocycles. The number of nitrogens with two attached hydrogens (primary N) is 1. The normalized spacial score (nSPS) is 22.2. The molecule has 5 N–H and O–H groups in total. The number of hydrogen-bond acceptors (Lipinski definition) is 13. The Morgan fingerprint density at radius 3 is 2.50 bits per heavy atom. The van der Waals surface area contributed by atoms with Gasteiger partial charge in [0.05, 0.1) is 5.70 Å². The largest absolute Gasteiger partial charge is 0.507 e. The van der Waals surface area contributed by atoms with Crippen molar-refractivity contribution in [2.45, 2.75) is 104 Å². The second-order valence-electron chi connectivity index (χ2n) is 14.2. The number of aromatic hydroxyl groups is 1. The summed E-state index contributed by atoms with van der Waals surface area (Å²) < 4.78 is 46.9. The maximum absolute atomic E-state index is 13.7. The van der Waals surface area contributed by atoms with Gasteiger partial charge < -0.3 is 30.3 Å². The lowest BCUT2D eigenvalue weighted by Crippen LogP contribution is -2.65. The summed E-state index contributed by atoms with van der Waals surface area (Å²) in [5.41, 5.74) is 6.64. The Labute approximate surface area is 315 Å². The number of aliphatic imine (C=N–C) groups is 2. The van der Waals surface area contributed by atoms with Crippen LogP contribution < -0.4 is 10.5 Å². The molecule has 1 amide bonds. The highest BCUT2D eigenvalue weighted by molar-refractivity contribution is 7.84. The number of nitrogens with zero attached hydrogens (tertiary/aromatic N) is 4. The molecule has 0 radical (unpaired) electrons. The van der Waals surface area contributed by atoms with Crippen molar-refractivity contribution in [1.29, 1.82) is 0 Å². The number of phenols is 1. The van der Waals surface area contributed by atoms with Gasteiger partial charge in [0.15, 0.2) is 11.5 Å². The van der Waals surface area contributed by atoms with Crippen LogP contribution in [0.15, 0.2) is 62.8 Å². The molecule has 4 atom stereocenters. The molecule has 2 aliphatic heterocycles. The molecule has 0 spiro atoms. The maximum atomic E-state index is 13.7. The zero-order chi connectivity index (χ0) is 40.1. The zero-order valence-electron chi connectivity index (χ0n) is 31.4. The molecular weight excluding hydrogens is 722 g/mol. The highest BCUT2D eigenvalue weighted by atomic mass is 32.2. The molecule has 4 rings (SSSR count). The first-order chi connectivity index (χ1) is 25.3. The van der Waals surface area contributed by atoms with Crippen molar-refractivity contribution in [2.75, 3.05) is 7.05 Å². The first kappa shape index (κ1) is 41.7. The molecular formula is C37H49N5O11S. The Morgan fingerprint density at radius 2 is 1.93 bits per heavy atom. The van der Waals surface area contributed by atoms with Crippen LogP contribution in [0.25, 0.3) is 0 Å². The van der Waals surface area contributed by atoms with Crippen molar-refractivity contribution < 1.29 is 51.9 Å². The van der Waals surface area contributed by atoms with E-state index in [1.165, 1.54) is 27.0 Å². The molecule has 3 aliphatic rings. The van der Waals surface area contributed by atoms with Gasteiger partial charge in [-0.1, -0.05) is 48.7 Å². The van der Waals surface area contributed by atoms with Crippen molar-refractivity contribution in [1.82, 2.24) is 4.31 Å². The number of amides is 1. The number of oxime groups is 1. The first-order valence-electron chi connectivity index (χ1n) is 17.7. The lowest BCUT2D eigenvalue weighted by Gasteiger charge is -2.42. The Hall–Kier alpha value is -5.03. The maximum Gasteiger partial charge on any atom is 0.390 e. The van der Waals surface area contributed by atoms with E-state index < -0.39 is 63.9 Å². The molecule has 1 aromatic rings. The molecule has 0 bridgehead atoms. The van der Waals surface area contributed by atoms with Crippen molar-refractivity contribution in [2.24, 2.45) is 32.7 Å². The molecule has 1 saturated heterocycles. The van der Waals surface area contributed by atoms with Crippen LogP contribution in [0.5, 0.6) is 11.5 Å². The number of aliphatic carboxylic acids is 1. The SMILES string of the molecule is C=C(C)[C@@H]1CCC(C)=C[C@H]1c1c(O)cc(CCCCC)cc1OC(=NC)OC1[C@H](CC(=O)/C(=N\OC(C)(C)C(=O)O)C2=CCC(N)=N2)C(=O)N1S(=O)(=O)O. The summed E-state index contributed by atoms with van der Waals surface area (Å²) in [5, 5.41) is 24.7. The molecule has 16 nitrogen and oxygen atoms in total. The number of Topliss-reactive ketones (excluding diaryl/α,β-unsaturated/α-hetero) is 1. The number of ketones is 1. The van der Waals surface area contributed by atoms with Crippen molar-refractivity contribution in [3.8, 4) is 11.5 Å². The van der Waals surface area contributed by atoms with Gasteiger partial charge in [-0.05, 0) is 83.1 Å².